The Balaban J connectivity index is 3.34. The van der Waals surface area contributed by atoms with E-state index in [4.69, 9.17) is 4.74 Å². The predicted molar refractivity (Wildman–Crippen MR) is 41.4 cm³/mol. The lowest BCUT2D eigenvalue weighted by molar-refractivity contribution is -0.118. The molecule has 3 nitrogen and oxygen atoms in total. The van der Waals surface area contributed by atoms with Crippen LogP contribution in [0.2, 0.25) is 0 Å². The fourth-order valence-electron chi connectivity index (χ4n) is 0.807. The van der Waals surface area contributed by atoms with E-state index >= 15 is 0 Å². The summed E-state index contributed by atoms with van der Waals surface area (Å²) in [4.78, 5) is 20.2. The van der Waals surface area contributed by atoms with Gasteiger partial charge < -0.3 is 14.3 Å². The largest absolute Gasteiger partial charge is 0.371 e. The molecule has 0 N–H and O–H groups in total. The molecule has 0 aliphatic carbocycles. The molecule has 0 spiro atoms. The van der Waals surface area contributed by atoms with Crippen LogP contribution in [-0.2, 0) is 14.3 Å². The average Bonchev–Trinajstić information content (AvgIpc) is 2.03. The summed E-state index contributed by atoms with van der Waals surface area (Å²) >= 11 is 0. The molecule has 0 aromatic carbocycles. The van der Waals surface area contributed by atoms with Crippen LogP contribution >= 0.6 is 0 Å². The molecule has 0 radical (unpaired) electrons. The Bertz CT molecular complexity index is 112. The molecule has 64 valence electrons. The Morgan fingerprint density at radius 3 is 2.64 bits per heavy atom. The molecule has 1 unspecified atom stereocenters. The molecule has 0 rings (SSSR count). The van der Waals surface area contributed by atoms with Crippen LogP contribution in [0.25, 0.3) is 0 Å². The van der Waals surface area contributed by atoms with Gasteiger partial charge in [-0.15, -0.1) is 0 Å². The van der Waals surface area contributed by atoms with Crippen LogP contribution in [0.4, 0.5) is 0 Å². The lowest BCUT2D eigenvalue weighted by Crippen LogP contribution is -2.14. The van der Waals surface area contributed by atoms with E-state index in [-0.39, 0.29) is 6.10 Å². The third kappa shape index (κ3) is 5.73. The van der Waals surface area contributed by atoms with E-state index in [1.165, 1.54) is 0 Å². The van der Waals surface area contributed by atoms with Crippen molar-refractivity contribution in [2.45, 2.75) is 32.3 Å². The molecule has 0 fully saturated rings. The van der Waals surface area contributed by atoms with E-state index < -0.39 is 0 Å². The second-order valence-electron chi connectivity index (χ2n) is 2.23. The first kappa shape index (κ1) is 10.3. The van der Waals surface area contributed by atoms with Gasteiger partial charge in [-0.3, -0.25) is 0 Å². The molecule has 0 aromatic heterocycles. The van der Waals surface area contributed by atoms with Gasteiger partial charge in [0.25, 0.3) is 0 Å². The van der Waals surface area contributed by atoms with E-state index in [0.717, 1.165) is 19.0 Å². The molecule has 0 aliphatic heterocycles. The molecule has 0 saturated carbocycles. The minimum absolute atomic E-state index is 0.319. The number of rotatable bonds is 7. The van der Waals surface area contributed by atoms with Gasteiger partial charge in [0.1, 0.15) is 18.7 Å². The molecule has 0 aliphatic rings. The van der Waals surface area contributed by atoms with Crippen LogP contribution in [0.1, 0.15) is 26.2 Å². The molecular weight excluding hydrogens is 144 g/mol. The van der Waals surface area contributed by atoms with Gasteiger partial charge in [-0.1, -0.05) is 0 Å². The lowest BCUT2D eigenvalue weighted by atomic mass is 10.2. The van der Waals surface area contributed by atoms with Crippen molar-refractivity contribution in [3.8, 4) is 0 Å². The first-order valence-electron chi connectivity index (χ1n) is 3.85. The van der Waals surface area contributed by atoms with Crippen LogP contribution < -0.4 is 0 Å². The molecule has 0 aromatic rings. The number of carbonyl (C=O) groups excluding carboxylic acids is 2. The first-order chi connectivity index (χ1) is 5.35. The van der Waals surface area contributed by atoms with Crippen molar-refractivity contribution in [3.63, 3.8) is 0 Å². The van der Waals surface area contributed by atoms with Crippen LogP contribution in [-0.4, -0.2) is 25.3 Å². The monoisotopic (exact) mass is 158 g/mol. The molecule has 0 amide bonds. The minimum atomic E-state index is -0.319. The lowest BCUT2D eigenvalue weighted by Gasteiger charge is -2.07. The Hall–Kier alpha value is -0.700. The topological polar surface area (TPSA) is 43.4 Å². The third-order valence-electron chi connectivity index (χ3n) is 1.34. The predicted octanol–water partition coefficient (Wildman–Crippen LogP) is 0.960. The normalized spacial score (nSPS) is 12.5. The standard InChI is InChI=1S/C8H14O3/c1-2-11-8(7-10)5-3-4-6-9/h6-8H,2-5H2,1H3. The third-order valence-corrected chi connectivity index (χ3v) is 1.34. The Labute approximate surface area is 66.7 Å². The van der Waals surface area contributed by atoms with Gasteiger partial charge in [-0.25, -0.2) is 0 Å². The van der Waals surface area contributed by atoms with Gasteiger partial charge >= 0.3 is 0 Å². The van der Waals surface area contributed by atoms with Crippen molar-refractivity contribution in [1.29, 1.82) is 0 Å². The maximum atomic E-state index is 10.3. The van der Waals surface area contributed by atoms with E-state index in [1.54, 1.807) is 0 Å². The van der Waals surface area contributed by atoms with Gasteiger partial charge in [0, 0.05) is 13.0 Å². The maximum Gasteiger partial charge on any atom is 0.148 e. The summed E-state index contributed by atoms with van der Waals surface area (Å²) in [7, 11) is 0. The zero-order chi connectivity index (χ0) is 8.53. The summed E-state index contributed by atoms with van der Waals surface area (Å²) in [5.41, 5.74) is 0. The summed E-state index contributed by atoms with van der Waals surface area (Å²) in [6, 6.07) is 0. The van der Waals surface area contributed by atoms with E-state index in [9.17, 15) is 9.59 Å². The van der Waals surface area contributed by atoms with Crippen LogP contribution in [0.15, 0.2) is 0 Å². The summed E-state index contributed by atoms with van der Waals surface area (Å²) in [5, 5.41) is 0. The highest BCUT2D eigenvalue weighted by Gasteiger charge is 2.04. The van der Waals surface area contributed by atoms with E-state index in [1.807, 2.05) is 6.92 Å². The van der Waals surface area contributed by atoms with Gasteiger partial charge in [0.05, 0.1) is 0 Å². The fraction of sp³-hybridized carbons (Fsp3) is 0.750. The number of hydrogen-bond donors (Lipinski definition) is 0. The van der Waals surface area contributed by atoms with Gasteiger partial charge in [-0.2, -0.15) is 0 Å². The quantitative estimate of drug-likeness (QED) is 0.409. The summed E-state index contributed by atoms with van der Waals surface area (Å²) < 4.78 is 5.05. The minimum Gasteiger partial charge on any atom is -0.371 e. The Kier molecular flexibility index (Phi) is 6.94. The average molecular weight is 158 g/mol. The smallest absolute Gasteiger partial charge is 0.148 e. The zero-order valence-electron chi connectivity index (χ0n) is 6.79. The number of aldehydes is 2. The van der Waals surface area contributed by atoms with Crippen molar-refractivity contribution in [2.24, 2.45) is 0 Å². The van der Waals surface area contributed by atoms with E-state index in [0.29, 0.717) is 19.4 Å². The number of unbranched alkanes of at least 4 members (excludes halogenated alkanes) is 1. The van der Waals surface area contributed by atoms with Crippen molar-refractivity contribution in [1.82, 2.24) is 0 Å². The maximum absolute atomic E-state index is 10.3. The molecule has 0 saturated heterocycles. The van der Waals surface area contributed by atoms with E-state index in [2.05, 4.69) is 0 Å². The molecule has 0 bridgehead atoms. The highest BCUT2D eigenvalue weighted by atomic mass is 16.5. The summed E-state index contributed by atoms with van der Waals surface area (Å²) in [6.07, 6.45) is 3.21. The Morgan fingerprint density at radius 2 is 2.18 bits per heavy atom. The van der Waals surface area contributed by atoms with Gasteiger partial charge in [0.2, 0.25) is 0 Å². The van der Waals surface area contributed by atoms with Crippen molar-refractivity contribution >= 4 is 12.6 Å². The molecular formula is C8H14O3. The molecule has 0 heterocycles. The molecule has 3 heteroatoms. The highest BCUT2D eigenvalue weighted by molar-refractivity contribution is 5.56. The van der Waals surface area contributed by atoms with Gasteiger partial charge in [0.15, 0.2) is 0 Å². The number of carbonyl (C=O) groups is 2. The van der Waals surface area contributed by atoms with Crippen LogP contribution in [0, 0.1) is 0 Å². The van der Waals surface area contributed by atoms with Crippen molar-refractivity contribution in [2.75, 3.05) is 6.61 Å². The second kappa shape index (κ2) is 7.41. The number of ether oxygens (including phenoxy) is 1. The molecule has 11 heavy (non-hydrogen) atoms. The fourth-order valence-corrected chi connectivity index (χ4v) is 0.807. The second-order valence-corrected chi connectivity index (χ2v) is 2.23. The van der Waals surface area contributed by atoms with Crippen LogP contribution in [0.5, 0.6) is 0 Å². The van der Waals surface area contributed by atoms with Crippen LogP contribution in [0.3, 0.4) is 0 Å². The van der Waals surface area contributed by atoms with Crippen molar-refractivity contribution in [3.05, 3.63) is 0 Å². The summed E-state index contributed by atoms with van der Waals surface area (Å²) in [6.45, 7) is 2.39. The highest BCUT2D eigenvalue weighted by Crippen LogP contribution is 2.01. The Morgan fingerprint density at radius 1 is 1.45 bits per heavy atom. The van der Waals surface area contributed by atoms with Crippen molar-refractivity contribution < 1.29 is 14.3 Å². The van der Waals surface area contributed by atoms with Gasteiger partial charge in [-0.05, 0) is 19.8 Å². The molecule has 1 atom stereocenters. The SMILES string of the molecule is CCOC(C=O)CCCC=O. The zero-order valence-corrected chi connectivity index (χ0v) is 6.79. The number of hydrogen-bond acceptors (Lipinski definition) is 3. The summed E-state index contributed by atoms with van der Waals surface area (Å²) in [5.74, 6) is 0. The first-order valence-corrected chi connectivity index (χ1v) is 3.85.